The van der Waals surface area contributed by atoms with Gasteiger partial charge in [-0.3, -0.25) is 9.59 Å². The first-order valence-corrected chi connectivity index (χ1v) is 10.4. The molecule has 8 heteroatoms. The molecule has 150 valence electrons. The number of anilines is 1. The van der Waals surface area contributed by atoms with Gasteiger partial charge in [-0.15, -0.1) is 0 Å². The zero-order valence-corrected chi connectivity index (χ0v) is 16.8. The Balaban J connectivity index is 1.88. The number of rotatable bonds is 9. The van der Waals surface area contributed by atoms with E-state index in [9.17, 15) is 18.0 Å². The molecule has 0 unspecified atom stereocenters. The van der Waals surface area contributed by atoms with Gasteiger partial charge in [0.1, 0.15) is 0 Å². The number of amides is 2. The van der Waals surface area contributed by atoms with Crippen molar-refractivity contribution in [3.05, 3.63) is 59.7 Å². The van der Waals surface area contributed by atoms with Gasteiger partial charge in [0, 0.05) is 24.2 Å². The molecule has 2 amide bonds. The topological polar surface area (TPSA) is 118 Å². The highest BCUT2D eigenvalue weighted by Gasteiger charge is 2.14. The second kappa shape index (κ2) is 9.48. The quantitative estimate of drug-likeness (QED) is 0.595. The van der Waals surface area contributed by atoms with Crippen molar-refractivity contribution in [1.29, 1.82) is 0 Å². The minimum absolute atomic E-state index is 0.179. The van der Waals surface area contributed by atoms with Crippen LogP contribution in [0.1, 0.15) is 36.2 Å². The summed E-state index contributed by atoms with van der Waals surface area (Å²) in [6.07, 6.45) is 0.722. The van der Waals surface area contributed by atoms with Gasteiger partial charge in [-0.2, -0.15) is 0 Å². The lowest BCUT2D eigenvalue weighted by Gasteiger charge is -2.09. The van der Waals surface area contributed by atoms with E-state index in [1.807, 2.05) is 13.8 Å². The van der Waals surface area contributed by atoms with Crippen LogP contribution in [-0.4, -0.2) is 26.8 Å². The Morgan fingerprint density at radius 3 is 2.14 bits per heavy atom. The Morgan fingerprint density at radius 2 is 1.61 bits per heavy atom. The van der Waals surface area contributed by atoms with Crippen LogP contribution >= 0.6 is 0 Å². The van der Waals surface area contributed by atoms with Crippen LogP contribution in [0.5, 0.6) is 0 Å². The number of primary amides is 1. The molecule has 0 saturated carbocycles. The SMILES string of the molecule is CC(C)CNS(=O)(=O)c1ccc(CCC(=O)Nc2ccc(C(N)=O)cc2)cc1. The molecular formula is C20H25N3O4S. The van der Waals surface area contributed by atoms with Crippen molar-refractivity contribution in [2.24, 2.45) is 11.7 Å². The number of hydrogen-bond donors (Lipinski definition) is 3. The van der Waals surface area contributed by atoms with Crippen molar-refractivity contribution in [3.63, 3.8) is 0 Å². The maximum atomic E-state index is 12.2. The molecule has 0 aliphatic carbocycles. The van der Waals surface area contributed by atoms with Crippen molar-refractivity contribution in [1.82, 2.24) is 4.72 Å². The first kappa shape index (κ1) is 21.6. The van der Waals surface area contributed by atoms with Gasteiger partial charge in [-0.1, -0.05) is 26.0 Å². The van der Waals surface area contributed by atoms with Crippen LogP contribution < -0.4 is 15.8 Å². The molecule has 2 aromatic rings. The summed E-state index contributed by atoms with van der Waals surface area (Å²) in [6, 6.07) is 12.8. The maximum Gasteiger partial charge on any atom is 0.248 e. The Morgan fingerprint density at radius 1 is 1.00 bits per heavy atom. The lowest BCUT2D eigenvalue weighted by Crippen LogP contribution is -2.27. The third-order valence-corrected chi connectivity index (χ3v) is 5.45. The normalized spacial score (nSPS) is 11.4. The fourth-order valence-electron chi connectivity index (χ4n) is 2.39. The van der Waals surface area contributed by atoms with E-state index in [0.717, 1.165) is 5.56 Å². The van der Waals surface area contributed by atoms with E-state index >= 15 is 0 Å². The molecule has 0 fully saturated rings. The zero-order valence-electron chi connectivity index (χ0n) is 15.9. The second-order valence-corrected chi connectivity index (χ2v) is 8.65. The fourth-order valence-corrected chi connectivity index (χ4v) is 3.61. The molecule has 4 N–H and O–H groups in total. The zero-order chi connectivity index (χ0) is 20.7. The standard InChI is InChI=1S/C20H25N3O4S/c1-14(2)13-22-28(26,27)18-10-3-15(4-11-18)5-12-19(24)23-17-8-6-16(7-9-17)20(21)25/h3-4,6-11,14,22H,5,12-13H2,1-2H3,(H2,21,25)(H,23,24). The minimum Gasteiger partial charge on any atom is -0.366 e. The Bertz CT molecular complexity index is 921. The molecule has 0 bridgehead atoms. The largest absolute Gasteiger partial charge is 0.366 e. The molecule has 7 nitrogen and oxygen atoms in total. The van der Waals surface area contributed by atoms with E-state index in [0.29, 0.717) is 24.2 Å². The van der Waals surface area contributed by atoms with E-state index in [4.69, 9.17) is 5.73 Å². The molecule has 0 aliphatic heterocycles. The van der Waals surface area contributed by atoms with E-state index in [2.05, 4.69) is 10.0 Å². The van der Waals surface area contributed by atoms with Gasteiger partial charge in [-0.05, 0) is 54.3 Å². The second-order valence-electron chi connectivity index (χ2n) is 6.88. The van der Waals surface area contributed by atoms with Gasteiger partial charge in [0.2, 0.25) is 21.8 Å². The summed E-state index contributed by atoms with van der Waals surface area (Å²) in [5.41, 5.74) is 6.99. The Kier molecular flexibility index (Phi) is 7.31. The van der Waals surface area contributed by atoms with Gasteiger partial charge in [0.05, 0.1) is 4.90 Å². The monoisotopic (exact) mass is 403 g/mol. The summed E-state index contributed by atoms with van der Waals surface area (Å²) < 4.78 is 26.9. The van der Waals surface area contributed by atoms with Crippen LogP contribution in [0.4, 0.5) is 5.69 Å². The predicted octanol–water partition coefficient (Wildman–Crippen LogP) is 2.29. The first-order valence-electron chi connectivity index (χ1n) is 8.95. The number of carbonyl (C=O) groups excluding carboxylic acids is 2. The highest BCUT2D eigenvalue weighted by Crippen LogP contribution is 2.14. The van der Waals surface area contributed by atoms with Crippen LogP contribution in [0.2, 0.25) is 0 Å². The number of nitrogens with two attached hydrogens (primary N) is 1. The van der Waals surface area contributed by atoms with Crippen molar-refractivity contribution in [2.45, 2.75) is 31.6 Å². The predicted molar refractivity (Wildman–Crippen MR) is 108 cm³/mol. The van der Waals surface area contributed by atoms with Gasteiger partial charge in [-0.25, -0.2) is 13.1 Å². The van der Waals surface area contributed by atoms with E-state index in [1.165, 1.54) is 0 Å². The lowest BCUT2D eigenvalue weighted by molar-refractivity contribution is -0.116. The summed E-state index contributed by atoms with van der Waals surface area (Å²) in [4.78, 5) is 23.3. The average molecular weight is 404 g/mol. The fraction of sp³-hybridized carbons (Fsp3) is 0.300. The van der Waals surface area contributed by atoms with Crippen LogP contribution in [-0.2, 0) is 21.2 Å². The lowest BCUT2D eigenvalue weighted by atomic mass is 10.1. The van der Waals surface area contributed by atoms with Crippen molar-refractivity contribution >= 4 is 27.5 Å². The first-order chi connectivity index (χ1) is 13.2. The van der Waals surface area contributed by atoms with Gasteiger partial charge in [0.15, 0.2) is 0 Å². The third kappa shape index (κ3) is 6.47. The molecule has 0 aromatic heterocycles. The highest BCUT2D eigenvalue weighted by molar-refractivity contribution is 7.89. The number of hydrogen-bond acceptors (Lipinski definition) is 4. The molecule has 28 heavy (non-hydrogen) atoms. The van der Waals surface area contributed by atoms with Gasteiger partial charge >= 0.3 is 0 Å². The summed E-state index contributed by atoms with van der Waals surface area (Å²) in [7, 11) is -3.52. The van der Waals surface area contributed by atoms with Crippen molar-refractivity contribution < 1.29 is 18.0 Å². The summed E-state index contributed by atoms with van der Waals surface area (Å²) in [5, 5.41) is 2.74. The third-order valence-electron chi connectivity index (χ3n) is 4.01. The van der Waals surface area contributed by atoms with Gasteiger partial charge in [0.25, 0.3) is 0 Å². The number of carbonyl (C=O) groups is 2. The Labute approximate surface area is 165 Å². The molecule has 0 aliphatic rings. The molecule has 0 heterocycles. The molecule has 0 radical (unpaired) electrons. The summed E-state index contributed by atoms with van der Waals surface area (Å²) in [5.74, 6) is -0.482. The number of benzene rings is 2. The van der Waals surface area contributed by atoms with Crippen molar-refractivity contribution in [3.8, 4) is 0 Å². The van der Waals surface area contributed by atoms with Crippen molar-refractivity contribution in [2.75, 3.05) is 11.9 Å². The molecule has 2 aromatic carbocycles. The number of nitrogens with one attached hydrogen (secondary N) is 2. The summed E-state index contributed by atoms with van der Waals surface area (Å²) >= 11 is 0. The Hall–Kier alpha value is -2.71. The molecule has 0 spiro atoms. The smallest absolute Gasteiger partial charge is 0.248 e. The number of sulfonamides is 1. The van der Waals surface area contributed by atoms with E-state index < -0.39 is 15.9 Å². The average Bonchev–Trinajstić information content (AvgIpc) is 2.65. The van der Waals surface area contributed by atoms with Crippen LogP contribution in [0.25, 0.3) is 0 Å². The number of aryl methyl sites for hydroxylation is 1. The van der Waals surface area contributed by atoms with Crippen LogP contribution in [0.15, 0.2) is 53.4 Å². The molecule has 2 rings (SSSR count). The van der Waals surface area contributed by atoms with E-state index in [-0.39, 0.29) is 23.1 Å². The molecular weight excluding hydrogens is 378 g/mol. The van der Waals surface area contributed by atoms with Gasteiger partial charge < -0.3 is 11.1 Å². The highest BCUT2D eigenvalue weighted by atomic mass is 32.2. The summed E-state index contributed by atoms with van der Waals surface area (Å²) in [6.45, 7) is 4.25. The maximum absolute atomic E-state index is 12.2. The minimum atomic E-state index is -3.52. The van der Waals surface area contributed by atoms with E-state index in [1.54, 1.807) is 48.5 Å². The van der Waals surface area contributed by atoms with Crippen LogP contribution in [0.3, 0.4) is 0 Å². The van der Waals surface area contributed by atoms with Crippen LogP contribution in [0, 0.1) is 5.92 Å². The molecule has 0 saturated heterocycles. The molecule has 0 atom stereocenters.